The van der Waals surface area contributed by atoms with E-state index in [-0.39, 0.29) is 11.7 Å². The smallest absolute Gasteiger partial charge is 0.254 e. The molecule has 0 spiro atoms. The van der Waals surface area contributed by atoms with E-state index in [1.165, 1.54) is 17.0 Å². The lowest BCUT2D eigenvalue weighted by Crippen LogP contribution is -2.30. The Hall–Kier alpha value is -2.07. The van der Waals surface area contributed by atoms with Gasteiger partial charge in [-0.15, -0.1) is 0 Å². The molecule has 0 heterocycles. The fourth-order valence-electron chi connectivity index (χ4n) is 2.08. The first-order valence-corrected chi connectivity index (χ1v) is 6.86. The second-order valence-electron chi connectivity index (χ2n) is 4.85. The van der Waals surface area contributed by atoms with Crippen LogP contribution in [0.3, 0.4) is 0 Å². The topological polar surface area (TPSA) is 46.3 Å². The van der Waals surface area contributed by atoms with Gasteiger partial charge in [-0.25, -0.2) is 4.39 Å². The second kappa shape index (κ2) is 6.14. The van der Waals surface area contributed by atoms with Gasteiger partial charge in [0.15, 0.2) is 0 Å². The molecule has 0 aliphatic carbocycles. The maximum absolute atomic E-state index is 13.8. The Bertz CT molecular complexity index is 675. The number of nitrogen functional groups attached to an aromatic ring is 1. The molecule has 0 bridgehead atoms. The van der Waals surface area contributed by atoms with Crippen LogP contribution in [-0.2, 0) is 0 Å². The molecule has 0 saturated carbocycles. The first-order valence-electron chi connectivity index (χ1n) is 6.48. The van der Waals surface area contributed by atoms with E-state index >= 15 is 0 Å². The summed E-state index contributed by atoms with van der Waals surface area (Å²) in [6.45, 7) is 1.77. The zero-order valence-electron chi connectivity index (χ0n) is 11.8. The number of anilines is 1. The van der Waals surface area contributed by atoms with E-state index in [4.69, 9.17) is 17.3 Å². The number of rotatable bonds is 3. The van der Waals surface area contributed by atoms with E-state index in [2.05, 4.69) is 0 Å². The minimum Gasteiger partial charge on any atom is -0.398 e. The van der Waals surface area contributed by atoms with Crippen LogP contribution in [0, 0.1) is 5.82 Å². The van der Waals surface area contributed by atoms with Gasteiger partial charge in [0.1, 0.15) is 5.82 Å². The Morgan fingerprint density at radius 3 is 2.57 bits per heavy atom. The number of nitrogens with zero attached hydrogens (tertiary/aromatic N) is 1. The van der Waals surface area contributed by atoms with Crippen LogP contribution in [-0.4, -0.2) is 17.9 Å². The van der Waals surface area contributed by atoms with E-state index in [1.54, 1.807) is 44.3 Å². The summed E-state index contributed by atoms with van der Waals surface area (Å²) in [5, 5.41) is 0.399. The molecule has 0 fully saturated rings. The normalized spacial score (nSPS) is 12.0. The average molecular weight is 307 g/mol. The van der Waals surface area contributed by atoms with Gasteiger partial charge in [0, 0.05) is 18.2 Å². The molecular weight excluding hydrogens is 291 g/mol. The van der Waals surface area contributed by atoms with Gasteiger partial charge in [0.05, 0.1) is 16.8 Å². The number of amides is 1. The first-order chi connectivity index (χ1) is 9.91. The number of carbonyl (C=O) groups excluding carboxylic acids is 1. The predicted molar refractivity (Wildman–Crippen MR) is 82.8 cm³/mol. The molecule has 1 amide bonds. The van der Waals surface area contributed by atoms with Crippen molar-refractivity contribution in [1.29, 1.82) is 0 Å². The van der Waals surface area contributed by atoms with Crippen molar-refractivity contribution in [1.82, 2.24) is 4.90 Å². The van der Waals surface area contributed by atoms with Gasteiger partial charge < -0.3 is 10.6 Å². The first kappa shape index (κ1) is 15.3. The molecule has 110 valence electrons. The van der Waals surface area contributed by atoms with E-state index in [1.807, 2.05) is 0 Å². The molecule has 5 heteroatoms. The molecule has 0 aromatic heterocycles. The zero-order chi connectivity index (χ0) is 15.6. The Labute approximate surface area is 128 Å². The van der Waals surface area contributed by atoms with Gasteiger partial charge in [-0.2, -0.15) is 0 Å². The van der Waals surface area contributed by atoms with Gasteiger partial charge in [0.25, 0.3) is 5.91 Å². The molecule has 3 nitrogen and oxygen atoms in total. The lowest BCUT2D eigenvalue weighted by Gasteiger charge is -2.26. The Morgan fingerprint density at radius 2 is 1.95 bits per heavy atom. The summed E-state index contributed by atoms with van der Waals surface area (Å²) in [5.41, 5.74) is 6.94. The lowest BCUT2D eigenvalue weighted by atomic mass is 10.1. The summed E-state index contributed by atoms with van der Waals surface area (Å²) in [6.07, 6.45) is 0. The summed E-state index contributed by atoms with van der Waals surface area (Å²) < 4.78 is 13.8. The third kappa shape index (κ3) is 3.16. The third-order valence-corrected chi connectivity index (χ3v) is 3.84. The van der Waals surface area contributed by atoms with Crippen LogP contribution in [0.4, 0.5) is 10.1 Å². The third-order valence-electron chi connectivity index (χ3n) is 3.50. The lowest BCUT2D eigenvalue weighted by molar-refractivity contribution is 0.0740. The Balaban J connectivity index is 2.26. The zero-order valence-corrected chi connectivity index (χ0v) is 12.6. The van der Waals surface area contributed by atoms with Crippen LogP contribution < -0.4 is 5.73 Å². The quantitative estimate of drug-likeness (QED) is 0.874. The van der Waals surface area contributed by atoms with Crippen LogP contribution >= 0.6 is 11.6 Å². The van der Waals surface area contributed by atoms with E-state index in [0.29, 0.717) is 21.8 Å². The molecule has 2 rings (SSSR count). The molecule has 0 aliphatic rings. The van der Waals surface area contributed by atoms with Crippen molar-refractivity contribution >= 4 is 23.2 Å². The standard InChI is InChI=1S/C16H16ClFN2O/c1-10(12-5-3-4-6-14(12)18)20(2)16(21)11-7-8-13(17)15(19)9-11/h3-10H,19H2,1-2H3. The predicted octanol–water partition coefficient (Wildman–Crippen LogP) is 3.89. The molecule has 21 heavy (non-hydrogen) atoms. The second-order valence-corrected chi connectivity index (χ2v) is 5.26. The maximum atomic E-state index is 13.8. The molecule has 2 N–H and O–H groups in total. The number of hydrogen-bond acceptors (Lipinski definition) is 2. The highest BCUT2D eigenvalue weighted by Gasteiger charge is 2.21. The molecule has 1 atom stereocenters. The minimum atomic E-state index is -0.393. The summed E-state index contributed by atoms with van der Waals surface area (Å²) in [5.74, 6) is -0.575. The highest BCUT2D eigenvalue weighted by Crippen LogP contribution is 2.25. The molecule has 1 unspecified atom stereocenters. The van der Waals surface area contributed by atoms with Gasteiger partial charge >= 0.3 is 0 Å². The number of hydrogen-bond donors (Lipinski definition) is 1. The molecule has 0 aliphatic heterocycles. The van der Waals surface area contributed by atoms with Crippen molar-refractivity contribution in [2.24, 2.45) is 0 Å². The number of nitrogens with two attached hydrogens (primary N) is 1. The summed E-state index contributed by atoms with van der Waals surface area (Å²) >= 11 is 5.84. The number of halogens is 2. The van der Waals surface area contributed by atoms with Crippen molar-refractivity contribution in [3.05, 3.63) is 64.4 Å². The monoisotopic (exact) mass is 306 g/mol. The number of benzene rings is 2. The Morgan fingerprint density at radius 1 is 1.29 bits per heavy atom. The van der Waals surface area contributed by atoms with E-state index in [0.717, 1.165) is 0 Å². The molecular formula is C16H16ClFN2O. The van der Waals surface area contributed by atoms with E-state index < -0.39 is 6.04 Å². The maximum Gasteiger partial charge on any atom is 0.254 e. The van der Waals surface area contributed by atoms with Gasteiger partial charge in [-0.05, 0) is 31.2 Å². The molecule has 0 radical (unpaired) electrons. The molecule has 2 aromatic rings. The van der Waals surface area contributed by atoms with Crippen molar-refractivity contribution in [2.45, 2.75) is 13.0 Å². The van der Waals surface area contributed by atoms with Crippen LogP contribution in [0.5, 0.6) is 0 Å². The van der Waals surface area contributed by atoms with E-state index in [9.17, 15) is 9.18 Å². The summed E-state index contributed by atoms with van der Waals surface area (Å²) in [7, 11) is 1.63. The van der Waals surface area contributed by atoms with Gasteiger partial charge in [-0.3, -0.25) is 4.79 Å². The van der Waals surface area contributed by atoms with Crippen LogP contribution in [0.2, 0.25) is 5.02 Å². The van der Waals surface area contributed by atoms with Gasteiger partial charge in [-0.1, -0.05) is 29.8 Å². The highest BCUT2D eigenvalue weighted by molar-refractivity contribution is 6.33. The molecule has 0 saturated heterocycles. The van der Waals surface area contributed by atoms with Gasteiger partial charge in [0.2, 0.25) is 0 Å². The van der Waals surface area contributed by atoms with Crippen LogP contribution in [0.25, 0.3) is 0 Å². The highest BCUT2D eigenvalue weighted by atomic mass is 35.5. The minimum absolute atomic E-state index is 0.242. The average Bonchev–Trinajstić information content (AvgIpc) is 2.48. The van der Waals surface area contributed by atoms with Crippen LogP contribution in [0.15, 0.2) is 42.5 Å². The summed E-state index contributed by atoms with van der Waals surface area (Å²) in [4.78, 5) is 13.9. The fourth-order valence-corrected chi connectivity index (χ4v) is 2.20. The Kier molecular flexibility index (Phi) is 4.48. The SMILES string of the molecule is CC(c1ccccc1F)N(C)C(=O)c1ccc(Cl)c(N)c1. The van der Waals surface area contributed by atoms with Crippen LogP contribution in [0.1, 0.15) is 28.9 Å². The van der Waals surface area contributed by atoms with Crippen molar-refractivity contribution in [2.75, 3.05) is 12.8 Å². The number of carbonyl (C=O) groups is 1. The largest absolute Gasteiger partial charge is 0.398 e. The molecule has 2 aromatic carbocycles. The summed E-state index contributed by atoms with van der Waals surface area (Å²) in [6, 6.07) is 10.7. The van der Waals surface area contributed by atoms with Crippen molar-refractivity contribution in [3.8, 4) is 0 Å². The van der Waals surface area contributed by atoms with Crippen molar-refractivity contribution in [3.63, 3.8) is 0 Å². The fraction of sp³-hybridized carbons (Fsp3) is 0.188. The van der Waals surface area contributed by atoms with Crippen molar-refractivity contribution < 1.29 is 9.18 Å².